The molecule has 0 bridgehead atoms. The van der Waals surface area contributed by atoms with E-state index in [-0.39, 0.29) is 0 Å². The van der Waals surface area contributed by atoms with Gasteiger partial charge in [-0.25, -0.2) is 4.98 Å². The predicted molar refractivity (Wildman–Crippen MR) is 72.9 cm³/mol. The molecular weight excluding hydrogens is 238 g/mol. The fourth-order valence-electron chi connectivity index (χ4n) is 2.34. The summed E-state index contributed by atoms with van der Waals surface area (Å²) in [5, 5.41) is 13.5. The van der Waals surface area contributed by atoms with Gasteiger partial charge in [0.05, 0.1) is 12.1 Å². The first-order valence-electron chi connectivity index (χ1n) is 6.50. The van der Waals surface area contributed by atoms with Crippen molar-refractivity contribution in [2.75, 3.05) is 19.7 Å². The minimum atomic E-state index is 0.452. The van der Waals surface area contributed by atoms with Gasteiger partial charge in [0.1, 0.15) is 11.6 Å². The number of nitrogens with one attached hydrogen (secondary N) is 1. The number of rotatable bonds is 3. The van der Waals surface area contributed by atoms with Gasteiger partial charge in [0.25, 0.3) is 0 Å². The zero-order valence-electron chi connectivity index (χ0n) is 10.6. The van der Waals surface area contributed by atoms with E-state index in [0.717, 1.165) is 30.4 Å². The van der Waals surface area contributed by atoms with E-state index >= 15 is 0 Å². The predicted octanol–water partition coefficient (Wildman–Crippen LogP) is 2.09. The van der Waals surface area contributed by atoms with Crippen LogP contribution in [0.3, 0.4) is 0 Å². The zero-order valence-corrected chi connectivity index (χ0v) is 10.6. The quantitative estimate of drug-likeness (QED) is 0.910. The Morgan fingerprint density at radius 2 is 2.32 bits per heavy atom. The molecule has 1 saturated heterocycles. The molecule has 4 nitrogen and oxygen atoms in total. The highest BCUT2D eigenvalue weighted by Crippen LogP contribution is 2.22. The van der Waals surface area contributed by atoms with E-state index in [4.69, 9.17) is 4.74 Å². The smallest absolute Gasteiger partial charge is 0.232 e. The Bertz CT molecular complexity index is 627. The van der Waals surface area contributed by atoms with Gasteiger partial charge < -0.3 is 10.1 Å². The zero-order chi connectivity index (χ0) is 13.1. The van der Waals surface area contributed by atoms with Crippen LogP contribution in [0.1, 0.15) is 12.0 Å². The van der Waals surface area contributed by atoms with E-state index in [1.165, 1.54) is 0 Å². The molecule has 0 saturated carbocycles. The van der Waals surface area contributed by atoms with Crippen molar-refractivity contribution in [2.24, 2.45) is 5.92 Å². The first kappa shape index (κ1) is 11.9. The Morgan fingerprint density at radius 3 is 3.11 bits per heavy atom. The summed E-state index contributed by atoms with van der Waals surface area (Å²) >= 11 is 0. The van der Waals surface area contributed by atoms with Gasteiger partial charge in [-0.3, -0.25) is 0 Å². The van der Waals surface area contributed by atoms with Crippen LogP contribution in [0.25, 0.3) is 10.9 Å². The van der Waals surface area contributed by atoms with Gasteiger partial charge in [-0.05, 0) is 25.1 Å². The van der Waals surface area contributed by atoms with Crippen LogP contribution in [0.4, 0.5) is 0 Å². The second kappa shape index (κ2) is 5.25. The molecule has 3 rings (SSSR count). The lowest BCUT2D eigenvalue weighted by molar-refractivity contribution is 0.251. The molecule has 1 fully saturated rings. The maximum Gasteiger partial charge on any atom is 0.232 e. The van der Waals surface area contributed by atoms with Crippen molar-refractivity contribution in [2.45, 2.75) is 6.42 Å². The van der Waals surface area contributed by atoms with Crippen molar-refractivity contribution in [3.8, 4) is 11.9 Å². The van der Waals surface area contributed by atoms with E-state index in [9.17, 15) is 5.26 Å². The molecule has 1 atom stereocenters. The molecular formula is C15H15N3O. The molecule has 2 aromatic rings. The highest BCUT2D eigenvalue weighted by atomic mass is 16.5. The van der Waals surface area contributed by atoms with Crippen LogP contribution in [-0.2, 0) is 0 Å². The third-order valence-electron chi connectivity index (χ3n) is 3.43. The maximum atomic E-state index is 9.19. The molecule has 0 spiro atoms. The highest BCUT2D eigenvalue weighted by molar-refractivity contribution is 5.80. The molecule has 1 aromatic heterocycles. The van der Waals surface area contributed by atoms with Crippen molar-refractivity contribution >= 4 is 10.9 Å². The van der Waals surface area contributed by atoms with Gasteiger partial charge in [-0.2, -0.15) is 5.26 Å². The minimum Gasteiger partial charge on any atom is -0.476 e. The molecule has 1 aromatic carbocycles. The average molecular weight is 253 g/mol. The van der Waals surface area contributed by atoms with Crippen molar-refractivity contribution in [3.63, 3.8) is 0 Å². The summed E-state index contributed by atoms with van der Waals surface area (Å²) < 4.78 is 5.75. The van der Waals surface area contributed by atoms with E-state index in [2.05, 4.69) is 16.4 Å². The Balaban J connectivity index is 1.86. The van der Waals surface area contributed by atoms with E-state index < -0.39 is 0 Å². The lowest BCUT2D eigenvalue weighted by Gasteiger charge is -2.11. The third kappa shape index (κ3) is 2.51. The third-order valence-corrected chi connectivity index (χ3v) is 3.43. The number of benzene rings is 1. The van der Waals surface area contributed by atoms with Crippen LogP contribution >= 0.6 is 0 Å². The fourth-order valence-corrected chi connectivity index (χ4v) is 2.34. The monoisotopic (exact) mass is 253 g/mol. The van der Waals surface area contributed by atoms with Crippen LogP contribution in [-0.4, -0.2) is 24.7 Å². The summed E-state index contributed by atoms with van der Waals surface area (Å²) in [6, 6.07) is 11.8. The molecule has 96 valence electrons. The van der Waals surface area contributed by atoms with Crippen molar-refractivity contribution < 1.29 is 4.74 Å². The summed E-state index contributed by atoms with van der Waals surface area (Å²) in [7, 11) is 0. The van der Waals surface area contributed by atoms with Crippen molar-refractivity contribution in [1.82, 2.24) is 10.3 Å². The minimum absolute atomic E-state index is 0.452. The lowest BCUT2D eigenvalue weighted by Crippen LogP contribution is -2.16. The van der Waals surface area contributed by atoms with E-state index in [1.54, 1.807) is 0 Å². The van der Waals surface area contributed by atoms with Crippen molar-refractivity contribution in [3.05, 3.63) is 35.9 Å². The summed E-state index contributed by atoms with van der Waals surface area (Å²) in [5.41, 5.74) is 1.37. The number of hydrogen-bond acceptors (Lipinski definition) is 4. The van der Waals surface area contributed by atoms with Crippen LogP contribution in [0.2, 0.25) is 0 Å². The Labute approximate surface area is 112 Å². The van der Waals surface area contributed by atoms with Gasteiger partial charge in [0.15, 0.2) is 0 Å². The summed E-state index contributed by atoms with van der Waals surface area (Å²) in [4.78, 5) is 4.44. The van der Waals surface area contributed by atoms with Crippen LogP contribution in [0, 0.1) is 17.2 Å². The molecule has 4 heteroatoms. The Kier molecular flexibility index (Phi) is 3.30. The molecule has 1 N–H and O–H groups in total. The summed E-state index contributed by atoms with van der Waals surface area (Å²) in [5.74, 6) is 0.966. The molecule has 2 heterocycles. The number of nitriles is 1. The van der Waals surface area contributed by atoms with Crippen LogP contribution in [0.5, 0.6) is 5.88 Å². The number of aromatic nitrogens is 1. The van der Waals surface area contributed by atoms with Gasteiger partial charge in [-0.1, -0.05) is 18.2 Å². The van der Waals surface area contributed by atoms with Gasteiger partial charge >= 0.3 is 0 Å². The fraction of sp³-hybridized carbons (Fsp3) is 0.333. The molecule has 1 aliphatic rings. The largest absolute Gasteiger partial charge is 0.476 e. The number of hydrogen-bond donors (Lipinski definition) is 1. The van der Waals surface area contributed by atoms with Gasteiger partial charge in [-0.15, -0.1) is 0 Å². The normalized spacial score (nSPS) is 18.4. The van der Waals surface area contributed by atoms with Gasteiger partial charge in [0.2, 0.25) is 5.88 Å². The topological polar surface area (TPSA) is 57.9 Å². The molecule has 19 heavy (non-hydrogen) atoms. The first-order valence-corrected chi connectivity index (χ1v) is 6.50. The number of ether oxygens (including phenoxy) is 1. The second-order valence-electron chi connectivity index (χ2n) is 4.82. The van der Waals surface area contributed by atoms with E-state index in [0.29, 0.717) is 24.0 Å². The number of pyridine rings is 1. The highest BCUT2D eigenvalue weighted by Gasteiger charge is 2.16. The molecule has 0 amide bonds. The van der Waals surface area contributed by atoms with E-state index in [1.807, 2.05) is 30.3 Å². The second-order valence-corrected chi connectivity index (χ2v) is 4.82. The maximum absolute atomic E-state index is 9.19. The number of nitrogens with zero attached hydrogens (tertiary/aromatic N) is 2. The molecule has 0 aliphatic carbocycles. The molecule has 0 radical (unpaired) electrons. The average Bonchev–Trinajstić information content (AvgIpc) is 2.97. The first-order chi connectivity index (χ1) is 9.36. The molecule has 1 unspecified atom stereocenters. The Morgan fingerprint density at radius 1 is 1.42 bits per heavy atom. The lowest BCUT2D eigenvalue weighted by atomic mass is 10.1. The molecule has 1 aliphatic heterocycles. The summed E-state index contributed by atoms with van der Waals surface area (Å²) in [6.45, 7) is 2.65. The number of fused-ring (bicyclic) bond motifs is 1. The Hall–Kier alpha value is -2.12. The number of para-hydroxylation sites is 1. The van der Waals surface area contributed by atoms with Crippen molar-refractivity contribution in [1.29, 1.82) is 5.26 Å². The van der Waals surface area contributed by atoms with Gasteiger partial charge in [0, 0.05) is 17.8 Å². The van der Waals surface area contributed by atoms with Crippen LogP contribution in [0.15, 0.2) is 30.3 Å². The SMILES string of the molecule is N#Cc1cc2ccccc2nc1OCC1CCNC1. The standard InChI is InChI=1S/C15H15N3O/c16-8-13-7-12-3-1-2-4-14(12)18-15(13)19-10-11-5-6-17-9-11/h1-4,7,11,17H,5-6,9-10H2. The summed E-state index contributed by atoms with van der Waals surface area (Å²) in [6.07, 6.45) is 1.12. The van der Waals surface area contributed by atoms with Crippen LogP contribution < -0.4 is 10.1 Å².